The van der Waals surface area contributed by atoms with Gasteiger partial charge in [0.2, 0.25) is 0 Å². The molecule has 0 amide bonds. The lowest BCUT2D eigenvalue weighted by Gasteiger charge is -2.40. The molecule has 0 aromatic heterocycles. The topological polar surface area (TPSA) is 6.48 Å². The number of benzene rings is 2. The Bertz CT molecular complexity index is 933. The lowest BCUT2D eigenvalue weighted by Crippen LogP contribution is -2.42. The van der Waals surface area contributed by atoms with Crippen LogP contribution < -0.4 is 0 Å². The molecule has 32 heavy (non-hydrogen) atoms. The van der Waals surface area contributed by atoms with Crippen molar-refractivity contribution in [3.8, 4) is 0 Å². The third kappa shape index (κ3) is 3.58. The van der Waals surface area contributed by atoms with Gasteiger partial charge in [-0.2, -0.15) is 0 Å². The molecule has 0 radical (unpaired) electrons. The number of hydrogen-bond acceptors (Lipinski definition) is 2. The van der Waals surface area contributed by atoms with E-state index in [9.17, 15) is 0 Å². The summed E-state index contributed by atoms with van der Waals surface area (Å²) in [5, 5.41) is 0. The van der Waals surface area contributed by atoms with Crippen LogP contribution in [0.5, 0.6) is 0 Å². The summed E-state index contributed by atoms with van der Waals surface area (Å²) in [6.07, 6.45) is 17.5. The predicted octanol–water partition coefficient (Wildman–Crippen LogP) is 5.89. The summed E-state index contributed by atoms with van der Waals surface area (Å²) >= 11 is 0. The normalized spacial score (nSPS) is 23.1. The summed E-state index contributed by atoms with van der Waals surface area (Å²) in [5.74, 6) is 0. The van der Waals surface area contributed by atoms with Crippen molar-refractivity contribution in [3.05, 3.63) is 82.9 Å². The monoisotopic (exact) mass is 424 g/mol. The van der Waals surface area contributed by atoms with Crippen LogP contribution in [0.2, 0.25) is 0 Å². The molecule has 2 aliphatic carbocycles. The van der Waals surface area contributed by atoms with Crippen LogP contribution in [0.3, 0.4) is 0 Å². The standard InChI is InChI=1S/C30H36N2/c1-3-9-27-25(7-1)11-13-29(27)15-21-31(22-16-29)19-5-6-20-32-23-17-30(18-24-32)14-12-26-8-2-4-10-28(26)30/h1-4,7-14H,5-6,15-24H2. The number of hydrogen-bond donors (Lipinski definition) is 0. The zero-order chi connectivity index (χ0) is 21.4. The quantitative estimate of drug-likeness (QED) is 0.552. The van der Waals surface area contributed by atoms with E-state index in [1.54, 1.807) is 11.1 Å². The molecule has 4 aliphatic rings. The highest BCUT2D eigenvalue weighted by molar-refractivity contribution is 5.66. The number of rotatable bonds is 5. The average molecular weight is 425 g/mol. The molecule has 2 spiro atoms. The Morgan fingerprint density at radius 3 is 1.41 bits per heavy atom. The number of unbranched alkanes of at least 4 members (excludes halogenated alkanes) is 1. The van der Waals surface area contributed by atoms with Crippen molar-refractivity contribution < 1.29 is 0 Å². The van der Waals surface area contributed by atoms with Crippen molar-refractivity contribution in [1.29, 1.82) is 0 Å². The van der Waals surface area contributed by atoms with Gasteiger partial charge in [-0.25, -0.2) is 0 Å². The van der Waals surface area contributed by atoms with Crippen molar-refractivity contribution in [2.45, 2.75) is 49.4 Å². The Balaban J connectivity index is 0.932. The number of fused-ring (bicyclic) bond motifs is 4. The summed E-state index contributed by atoms with van der Waals surface area (Å²) in [7, 11) is 0. The minimum Gasteiger partial charge on any atom is -0.303 e. The summed E-state index contributed by atoms with van der Waals surface area (Å²) in [5.41, 5.74) is 6.68. The molecular formula is C30H36N2. The predicted molar refractivity (Wildman–Crippen MR) is 135 cm³/mol. The van der Waals surface area contributed by atoms with Gasteiger partial charge in [-0.3, -0.25) is 0 Å². The molecule has 166 valence electrons. The lowest BCUT2D eigenvalue weighted by molar-refractivity contribution is 0.164. The van der Waals surface area contributed by atoms with Crippen LogP contribution in [-0.2, 0) is 10.8 Å². The first-order valence-electron chi connectivity index (χ1n) is 12.8. The van der Waals surface area contributed by atoms with E-state index < -0.39 is 0 Å². The second-order valence-corrected chi connectivity index (χ2v) is 10.5. The molecule has 2 aromatic carbocycles. The fourth-order valence-electron chi connectivity index (χ4n) is 6.76. The number of allylic oxidation sites excluding steroid dienone is 2. The van der Waals surface area contributed by atoms with Gasteiger partial charge in [0.15, 0.2) is 0 Å². The molecule has 0 atom stereocenters. The minimum absolute atomic E-state index is 0.324. The molecule has 2 nitrogen and oxygen atoms in total. The highest BCUT2D eigenvalue weighted by Crippen LogP contribution is 2.44. The Labute approximate surface area is 193 Å². The Morgan fingerprint density at radius 2 is 0.969 bits per heavy atom. The van der Waals surface area contributed by atoms with Crippen LogP contribution in [0.4, 0.5) is 0 Å². The molecule has 0 saturated carbocycles. The highest BCUT2D eigenvalue weighted by atomic mass is 15.1. The first-order valence-corrected chi connectivity index (χ1v) is 12.8. The third-order valence-electron chi connectivity index (χ3n) is 8.85. The minimum atomic E-state index is 0.324. The first kappa shape index (κ1) is 20.4. The fourth-order valence-corrected chi connectivity index (χ4v) is 6.76. The van der Waals surface area contributed by atoms with Crippen molar-refractivity contribution in [2.75, 3.05) is 39.3 Å². The van der Waals surface area contributed by atoms with Gasteiger partial charge < -0.3 is 9.80 Å². The molecular weight excluding hydrogens is 388 g/mol. The van der Waals surface area contributed by atoms with Crippen molar-refractivity contribution in [1.82, 2.24) is 9.80 Å². The van der Waals surface area contributed by atoms with Gasteiger partial charge in [0, 0.05) is 10.8 Å². The third-order valence-corrected chi connectivity index (χ3v) is 8.85. The molecule has 2 aliphatic heterocycles. The molecule has 0 bridgehead atoms. The molecule has 2 heterocycles. The smallest absolute Gasteiger partial charge is 0.0165 e. The van der Waals surface area contributed by atoms with E-state index in [1.807, 2.05) is 0 Å². The molecule has 6 rings (SSSR count). The maximum absolute atomic E-state index is 2.71. The zero-order valence-corrected chi connectivity index (χ0v) is 19.3. The highest BCUT2D eigenvalue weighted by Gasteiger charge is 2.38. The lowest BCUT2D eigenvalue weighted by atomic mass is 9.74. The van der Waals surface area contributed by atoms with Crippen LogP contribution >= 0.6 is 0 Å². The first-order chi connectivity index (χ1) is 15.8. The largest absolute Gasteiger partial charge is 0.303 e. The van der Waals surface area contributed by atoms with Crippen molar-refractivity contribution in [2.24, 2.45) is 0 Å². The maximum Gasteiger partial charge on any atom is 0.0165 e. The van der Waals surface area contributed by atoms with E-state index in [-0.39, 0.29) is 0 Å². The Morgan fingerprint density at radius 1 is 0.562 bits per heavy atom. The molecule has 2 heteroatoms. The SMILES string of the molecule is C1=CC2(CCN(CCCCN3CCC4(C=Cc5ccccc54)CC3)CC2)c2ccccc21. The van der Waals surface area contributed by atoms with E-state index in [0.29, 0.717) is 10.8 Å². The van der Waals surface area contributed by atoms with Gasteiger partial charge in [-0.05, 0) is 100 Å². The number of likely N-dealkylation sites (tertiary alicyclic amines) is 2. The maximum atomic E-state index is 2.71. The van der Waals surface area contributed by atoms with E-state index in [2.05, 4.69) is 82.6 Å². The van der Waals surface area contributed by atoms with Crippen molar-refractivity contribution in [3.63, 3.8) is 0 Å². The van der Waals surface area contributed by atoms with Gasteiger partial charge in [0.05, 0.1) is 0 Å². The molecule has 2 saturated heterocycles. The van der Waals surface area contributed by atoms with Gasteiger partial charge >= 0.3 is 0 Å². The molecule has 2 aromatic rings. The number of piperidine rings is 2. The van der Waals surface area contributed by atoms with E-state index in [0.717, 1.165) is 0 Å². The molecule has 0 N–H and O–H groups in total. The fraction of sp³-hybridized carbons (Fsp3) is 0.467. The summed E-state index contributed by atoms with van der Waals surface area (Å²) in [6, 6.07) is 18.0. The summed E-state index contributed by atoms with van der Waals surface area (Å²) in [4.78, 5) is 5.43. The summed E-state index contributed by atoms with van der Waals surface area (Å²) in [6.45, 7) is 7.53. The van der Waals surface area contributed by atoms with Crippen LogP contribution in [0.15, 0.2) is 60.7 Å². The summed E-state index contributed by atoms with van der Waals surface area (Å²) < 4.78 is 0. The van der Waals surface area contributed by atoms with Gasteiger partial charge in [-0.1, -0.05) is 72.8 Å². The van der Waals surface area contributed by atoms with Gasteiger partial charge in [0.1, 0.15) is 0 Å². The Kier molecular flexibility index (Phi) is 5.31. The zero-order valence-electron chi connectivity index (χ0n) is 19.3. The van der Waals surface area contributed by atoms with E-state index >= 15 is 0 Å². The van der Waals surface area contributed by atoms with Crippen molar-refractivity contribution >= 4 is 12.2 Å². The van der Waals surface area contributed by atoms with Crippen LogP contribution in [0.25, 0.3) is 12.2 Å². The van der Waals surface area contributed by atoms with E-state index in [1.165, 1.54) is 88.9 Å². The van der Waals surface area contributed by atoms with Gasteiger partial charge in [-0.15, -0.1) is 0 Å². The average Bonchev–Trinajstić information content (AvgIpc) is 3.39. The van der Waals surface area contributed by atoms with Crippen LogP contribution in [-0.4, -0.2) is 49.1 Å². The second-order valence-electron chi connectivity index (χ2n) is 10.5. The van der Waals surface area contributed by atoms with Crippen LogP contribution in [0, 0.1) is 0 Å². The molecule has 0 unspecified atom stereocenters. The van der Waals surface area contributed by atoms with E-state index in [4.69, 9.17) is 0 Å². The van der Waals surface area contributed by atoms with Crippen LogP contribution in [0.1, 0.15) is 60.8 Å². The molecule has 2 fully saturated rings. The van der Waals surface area contributed by atoms with Gasteiger partial charge in [0.25, 0.3) is 0 Å². The number of nitrogens with zero attached hydrogens (tertiary/aromatic N) is 2. The second kappa shape index (κ2) is 8.32. The Hall–Kier alpha value is -2.16.